The highest BCUT2D eigenvalue weighted by Gasteiger charge is 2.37. The van der Waals surface area contributed by atoms with Gasteiger partial charge in [0, 0.05) is 12.2 Å². The number of sulfone groups is 1. The number of anilines is 1. The minimum Gasteiger partial charge on any atom is -0.382 e. The summed E-state index contributed by atoms with van der Waals surface area (Å²) in [6, 6.07) is 8.90. The van der Waals surface area contributed by atoms with E-state index in [9.17, 15) is 31.1 Å². The third-order valence-electron chi connectivity index (χ3n) is 4.57. The predicted octanol–water partition coefficient (Wildman–Crippen LogP) is 3.84. The average Bonchev–Trinajstić information content (AvgIpc) is 2.65. The second-order valence-corrected chi connectivity index (χ2v) is 9.68. The number of nitrogens with one attached hydrogen (secondary N) is 1. The molecule has 0 amide bonds. The highest BCUT2D eigenvalue weighted by Crippen LogP contribution is 2.34. The summed E-state index contributed by atoms with van der Waals surface area (Å²) in [4.78, 5) is 0. The molecule has 2 aromatic carbocycles. The number of aliphatic hydroxyl groups is 1. The van der Waals surface area contributed by atoms with Gasteiger partial charge in [-0.3, -0.25) is 0 Å². The quantitative estimate of drug-likeness (QED) is 0.634. The molecule has 0 radical (unpaired) electrons. The molecule has 10 heteroatoms. The van der Waals surface area contributed by atoms with Crippen molar-refractivity contribution in [3.63, 3.8) is 0 Å². The van der Waals surface area contributed by atoms with Crippen molar-refractivity contribution in [2.45, 2.75) is 30.9 Å². The molecule has 0 saturated heterocycles. The first kappa shape index (κ1) is 23.6. The molecule has 0 aliphatic rings. The molecule has 0 aromatic heterocycles. The lowest BCUT2D eigenvalue weighted by molar-refractivity contribution is -0.137. The van der Waals surface area contributed by atoms with Crippen LogP contribution >= 0.6 is 0 Å². The van der Waals surface area contributed by atoms with Gasteiger partial charge in [-0.05, 0) is 49.7 Å². The molecule has 0 aliphatic heterocycles. The van der Waals surface area contributed by atoms with Crippen LogP contribution in [0, 0.1) is 17.1 Å². The van der Waals surface area contributed by atoms with Crippen LogP contribution < -0.4 is 5.32 Å². The third-order valence-corrected chi connectivity index (χ3v) is 6.89. The van der Waals surface area contributed by atoms with Gasteiger partial charge in [0.05, 0.1) is 28.2 Å². The van der Waals surface area contributed by atoms with Crippen LogP contribution in [0.25, 0.3) is 0 Å². The number of nitriles is 1. The summed E-state index contributed by atoms with van der Waals surface area (Å²) in [7, 11) is -3.77. The van der Waals surface area contributed by atoms with Crippen LogP contribution in [-0.2, 0) is 21.6 Å². The van der Waals surface area contributed by atoms with Crippen LogP contribution in [0.5, 0.6) is 0 Å². The zero-order chi connectivity index (χ0) is 22.7. The molecular formula is C20H20F4N2O3S. The molecule has 0 saturated carbocycles. The molecule has 1 atom stereocenters. The SMILES string of the molecule is CC(C)S(=O)(=O)CC(O)(CNc1ccc(C#N)c(C(F)(F)F)c1)c1ccc(F)cc1. The van der Waals surface area contributed by atoms with Gasteiger partial charge in [0.1, 0.15) is 11.4 Å². The fourth-order valence-electron chi connectivity index (χ4n) is 2.73. The number of halogens is 4. The van der Waals surface area contributed by atoms with Crippen LogP contribution in [0.15, 0.2) is 42.5 Å². The Hall–Kier alpha value is -2.64. The van der Waals surface area contributed by atoms with Gasteiger partial charge in [0.25, 0.3) is 0 Å². The number of alkyl halides is 3. The molecule has 2 aromatic rings. The third kappa shape index (κ3) is 5.49. The zero-order valence-electron chi connectivity index (χ0n) is 16.2. The summed E-state index contributed by atoms with van der Waals surface area (Å²) in [5, 5.41) is 21.8. The molecule has 162 valence electrons. The van der Waals surface area contributed by atoms with Gasteiger partial charge in [-0.1, -0.05) is 12.1 Å². The van der Waals surface area contributed by atoms with Gasteiger partial charge < -0.3 is 10.4 Å². The van der Waals surface area contributed by atoms with E-state index in [1.165, 1.54) is 38.1 Å². The first-order valence-electron chi connectivity index (χ1n) is 8.84. The van der Waals surface area contributed by atoms with Gasteiger partial charge in [-0.15, -0.1) is 0 Å². The van der Waals surface area contributed by atoms with Crippen molar-refractivity contribution in [1.82, 2.24) is 0 Å². The van der Waals surface area contributed by atoms with Crippen molar-refractivity contribution in [2.75, 3.05) is 17.6 Å². The number of hydrogen-bond acceptors (Lipinski definition) is 5. The number of hydrogen-bond donors (Lipinski definition) is 2. The fraction of sp³-hybridized carbons (Fsp3) is 0.350. The van der Waals surface area contributed by atoms with Crippen LogP contribution in [0.2, 0.25) is 0 Å². The van der Waals surface area contributed by atoms with E-state index in [1.54, 1.807) is 0 Å². The van der Waals surface area contributed by atoms with Gasteiger partial charge in [-0.2, -0.15) is 18.4 Å². The Labute approximate surface area is 171 Å². The lowest BCUT2D eigenvalue weighted by Crippen LogP contribution is -2.42. The van der Waals surface area contributed by atoms with Gasteiger partial charge >= 0.3 is 6.18 Å². The van der Waals surface area contributed by atoms with E-state index in [2.05, 4.69) is 5.32 Å². The van der Waals surface area contributed by atoms with E-state index in [1.807, 2.05) is 0 Å². The normalized spacial score (nSPS) is 14.2. The van der Waals surface area contributed by atoms with Crippen LogP contribution in [0.4, 0.5) is 23.2 Å². The maximum absolute atomic E-state index is 13.3. The molecule has 2 rings (SSSR count). The first-order chi connectivity index (χ1) is 13.8. The first-order valence-corrected chi connectivity index (χ1v) is 10.6. The van der Waals surface area contributed by atoms with Crippen molar-refractivity contribution in [2.24, 2.45) is 0 Å². The van der Waals surface area contributed by atoms with Crippen molar-refractivity contribution in [1.29, 1.82) is 5.26 Å². The lowest BCUT2D eigenvalue weighted by Gasteiger charge is -2.30. The Kier molecular flexibility index (Phi) is 6.79. The second kappa shape index (κ2) is 8.62. The minimum atomic E-state index is -4.77. The van der Waals surface area contributed by atoms with E-state index >= 15 is 0 Å². The minimum absolute atomic E-state index is 0.0659. The summed E-state index contributed by atoms with van der Waals surface area (Å²) in [6.07, 6.45) is -4.77. The number of rotatable bonds is 7. The van der Waals surface area contributed by atoms with Crippen LogP contribution in [-0.4, -0.2) is 31.1 Å². The number of benzene rings is 2. The van der Waals surface area contributed by atoms with Crippen LogP contribution in [0.1, 0.15) is 30.5 Å². The highest BCUT2D eigenvalue weighted by atomic mass is 32.2. The summed E-state index contributed by atoms with van der Waals surface area (Å²) < 4.78 is 77.6. The average molecular weight is 444 g/mol. The second-order valence-electron chi connectivity index (χ2n) is 7.12. The van der Waals surface area contributed by atoms with Crippen molar-refractivity contribution in [3.8, 4) is 6.07 Å². The Morgan fingerprint density at radius 2 is 1.73 bits per heavy atom. The van der Waals surface area contributed by atoms with E-state index in [0.29, 0.717) is 6.07 Å². The molecule has 2 N–H and O–H groups in total. The maximum atomic E-state index is 13.3. The molecule has 0 spiro atoms. The lowest BCUT2D eigenvalue weighted by atomic mass is 9.95. The molecule has 0 fully saturated rings. The smallest absolute Gasteiger partial charge is 0.382 e. The molecule has 30 heavy (non-hydrogen) atoms. The molecule has 1 unspecified atom stereocenters. The Balaban J connectivity index is 2.40. The summed E-state index contributed by atoms with van der Waals surface area (Å²) >= 11 is 0. The monoisotopic (exact) mass is 444 g/mol. The van der Waals surface area contributed by atoms with E-state index < -0.39 is 56.1 Å². The van der Waals surface area contributed by atoms with E-state index in [-0.39, 0.29) is 11.3 Å². The van der Waals surface area contributed by atoms with Gasteiger partial charge in [0.2, 0.25) is 0 Å². The Bertz CT molecular complexity index is 1050. The van der Waals surface area contributed by atoms with Gasteiger partial charge in [0.15, 0.2) is 9.84 Å². The topological polar surface area (TPSA) is 90.2 Å². The summed E-state index contributed by atoms with van der Waals surface area (Å²) in [6.45, 7) is 2.40. The molecular weight excluding hydrogens is 424 g/mol. The Morgan fingerprint density at radius 3 is 2.23 bits per heavy atom. The standard InChI is InChI=1S/C20H20F4N2O3S/c1-13(2)30(28,29)12-19(27,15-4-6-16(21)7-5-15)11-26-17-8-3-14(10-25)18(9-17)20(22,23)24/h3-9,13,26-27H,11-12H2,1-2H3. The maximum Gasteiger partial charge on any atom is 0.417 e. The van der Waals surface area contributed by atoms with Crippen molar-refractivity contribution in [3.05, 3.63) is 65.0 Å². The zero-order valence-corrected chi connectivity index (χ0v) is 17.0. The highest BCUT2D eigenvalue weighted by molar-refractivity contribution is 7.92. The molecule has 0 heterocycles. The number of nitrogens with zero attached hydrogens (tertiary/aromatic N) is 1. The van der Waals surface area contributed by atoms with E-state index in [0.717, 1.165) is 18.2 Å². The van der Waals surface area contributed by atoms with Crippen molar-refractivity contribution >= 4 is 15.5 Å². The molecule has 0 aliphatic carbocycles. The Morgan fingerprint density at radius 1 is 1.13 bits per heavy atom. The predicted molar refractivity (Wildman–Crippen MR) is 104 cm³/mol. The largest absolute Gasteiger partial charge is 0.417 e. The fourth-order valence-corrected chi connectivity index (χ4v) is 4.00. The molecule has 0 bridgehead atoms. The van der Waals surface area contributed by atoms with E-state index in [4.69, 9.17) is 5.26 Å². The van der Waals surface area contributed by atoms with Crippen molar-refractivity contribution < 1.29 is 31.1 Å². The summed E-state index contributed by atoms with van der Waals surface area (Å²) in [5.74, 6) is -1.32. The summed E-state index contributed by atoms with van der Waals surface area (Å²) in [5.41, 5.74) is -3.74. The molecule has 5 nitrogen and oxygen atoms in total. The van der Waals surface area contributed by atoms with Gasteiger partial charge in [-0.25, -0.2) is 12.8 Å². The van der Waals surface area contributed by atoms with Crippen LogP contribution in [0.3, 0.4) is 0 Å².